The van der Waals surface area contributed by atoms with Gasteiger partial charge >= 0.3 is 0 Å². The Kier molecular flexibility index (Phi) is 4.18. The quantitative estimate of drug-likeness (QED) is 0.807. The van der Waals surface area contributed by atoms with E-state index in [2.05, 4.69) is 0 Å². The number of hydrogen-bond donors (Lipinski definition) is 0. The van der Waals surface area contributed by atoms with Crippen LogP contribution in [-0.2, 0) is 11.2 Å². The van der Waals surface area contributed by atoms with Gasteiger partial charge in [-0.25, -0.2) is 0 Å². The average Bonchev–Trinajstić information content (AvgIpc) is 2.88. The van der Waals surface area contributed by atoms with Crippen LogP contribution in [0.3, 0.4) is 0 Å². The number of furan rings is 1. The summed E-state index contributed by atoms with van der Waals surface area (Å²) in [5, 5.41) is 0. The standard InChI is InChI=1S/C15H17NO2/c1-13(17)16(14-7-3-2-4-8-14)11-5-9-15-10-6-12-18-15/h2-4,6-8,10,12H,5,9,11H2,1H3. The zero-order valence-electron chi connectivity index (χ0n) is 10.5. The summed E-state index contributed by atoms with van der Waals surface area (Å²) in [5.74, 6) is 1.03. The normalized spacial score (nSPS) is 10.3. The van der Waals surface area contributed by atoms with Crippen LogP contribution in [0.15, 0.2) is 53.1 Å². The number of para-hydroxylation sites is 1. The lowest BCUT2D eigenvalue weighted by Crippen LogP contribution is -2.29. The number of benzene rings is 1. The number of anilines is 1. The molecule has 3 nitrogen and oxygen atoms in total. The molecule has 2 rings (SSSR count). The van der Waals surface area contributed by atoms with Gasteiger partial charge in [0, 0.05) is 25.6 Å². The monoisotopic (exact) mass is 243 g/mol. The highest BCUT2D eigenvalue weighted by molar-refractivity contribution is 5.91. The van der Waals surface area contributed by atoms with Crippen LogP contribution in [0.2, 0.25) is 0 Å². The van der Waals surface area contributed by atoms with Crippen molar-refractivity contribution >= 4 is 11.6 Å². The van der Waals surface area contributed by atoms with E-state index in [1.165, 1.54) is 0 Å². The second-order valence-corrected chi connectivity index (χ2v) is 4.19. The lowest BCUT2D eigenvalue weighted by atomic mass is 10.2. The summed E-state index contributed by atoms with van der Waals surface area (Å²) in [5.41, 5.74) is 0.949. The van der Waals surface area contributed by atoms with Crippen LogP contribution in [0, 0.1) is 0 Å². The van der Waals surface area contributed by atoms with Gasteiger partial charge in [0.1, 0.15) is 5.76 Å². The fraction of sp³-hybridized carbons (Fsp3) is 0.267. The molecule has 1 heterocycles. The molecule has 0 bridgehead atoms. The number of rotatable bonds is 5. The predicted molar refractivity (Wildman–Crippen MR) is 71.5 cm³/mol. The third-order valence-electron chi connectivity index (χ3n) is 2.83. The van der Waals surface area contributed by atoms with E-state index in [1.807, 2.05) is 42.5 Å². The van der Waals surface area contributed by atoms with Crippen molar-refractivity contribution in [1.82, 2.24) is 0 Å². The summed E-state index contributed by atoms with van der Waals surface area (Å²) < 4.78 is 5.28. The maximum atomic E-state index is 11.6. The van der Waals surface area contributed by atoms with Gasteiger partial charge in [-0.05, 0) is 30.7 Å². The largest absolute Gasteiger partial charge is 0.469 e. The third kappa shape index (κ3) is 3.23. The van der Waals surface area contributed by atoms with Crippen molar-refractivity contribution in [3.8, 4) is 0 Å². The van der Waals surface area contributed by atoms with Crippen LogP contribution in [0.4, 0.5) is 5.69 Å². The molecule has 1 aromatic carbocycles. The zero-order valence-corrected chi connectivity index (χ0v) is 10.5. The number of hydrogen-bond acceptors (Lipinski definition) is 2. The van der Waals surface area contributed by atoms with Gasteiger partial charge in [0.25, 0.3) is 0 Å². The molecule has 2 aromatic rings. The molecular formula is C15H17NO2. The van der Waals surface area contributed by atoms with Gasteiger partial charge in [-0.3, -0.25) is 4.79 Å². The van der Waals surface area contributed by atoms with Crippen LogP contribution in [0.5, 0.6) is 0 Å². The molecule has 0 aliphatic heterocycles. The minimum absolute atomic E-state index is 0.0700. The van der Waals surface area contributed by atoms with E-state index in [9.17, 15) is 4.79 Å². The molecule has 0 spiro atoms. The van der Waals surface area contributed by atoms with Crippen LogP contribution >= 0.6 is 0 Å². The van der Waals surface area contributed by atoms with Crippen molar-refractivity contribution in [2.75, 3.05) is 11.4 Å². The topological polar surface area (TPSA) is 33.5 Å². The molecule has 0 N–H and O–H groups in total. The van der Waals surface area contributed by atoms with Crippen molar-refractivity contribution in [2.24, 2.45) is 0 Å². The lowest BCUT2D eigenvalue weighted by Gasteiger charge is -2.20. The van der Waals surface area contributed by atoms with Gasteiger partial charge in [0.2, 0.25) is 5.91 Å². The van der Waals surface area contributed by atoms with E-state index in [1.54, 1.807) is 18.1 Å². The first kappa shape index (κ1) is 12.4. The summed E-state index contributed by atoms with van der Waals surface area (Å²) in [6.45, 7) is 2.31. The zero-order chi connectivity index (χ0) is 12.8. The van der Waals surface area contributed by atoms with Crippen LogP contribution in [-0.4, -0.2) is 12.5 Å². The molecule has 0 aliphatic rings. The number of aryl methyl sites for hydroxylation is 1. The summed E-state index contributed by atoms with van der Waals surface area (Å²) in [4.78, 5) is 13.4. The molecule has 0 atom stereocenters. The Balaban J connectivity index is 1.93. The van der Waals surface area contributed by atoms with Gasteiger partial charge in [0.05, 0.1) is 6.26 Å². The van der Waals surface area contributed by atoms with E-state index in [0.717, 1.165) is 24.3 Å². The average molecular weight is 243 g/mol. The Hall–Kier alpha value is -2.03. The maximum Gasteiger partial charge on any atom is 0.223 e. The molecule has 0 radical (unpaired) electrons. The molecule has 0 saturated heterocycles. The van der Waals surface area contributed by atoms with Gasteiger partial charge in [0.15, 0.2) is 0 Å². The predicted octanol–water partition coefficient (Wildman–Crippen LogP) is 3.27. The Morgan fingerprint density at radius 2 is 1.94 bits per heavy atom. The Morgan fingerprint density at radius 1 is 1.17 bits per heavy atom. The highest BCUT2D eigenvalue weighted by Gasteiger charge is 2.10. The van der Waals surface area contributed by atoms with E-state index in [4.69, 9.17) is 4.42 Å². The molecule has 94 valence electrons. The van der Waals surface area contributed by atoms with Crippen LogP contribution in [0.25, 0.3) is 0 Å². The Labute approximate surface area is 107 Å². The summed E-state index contributed by atoms with van der Waals surface area (Å²) in [6.07, 6.45) is 3.42. The minimum atomic E-state index is 0.0700. The first-order valence-electron chi connectivity index (χ1n) is 6.13. The highest BCUT2D eigenvalue weighted by Crippen LogP contribution is 2.14. The third-order valence-corrected chi connectivity index (χ3v) is 2.83. The molecule has 0 saturated carbocycles. The molecular weight excluding hydrogens is 226 g/mol. The van der Waals surface area contributed by atoms with Gasteiger partial charge in [-0.2, -0.15) is 0 Å². The van der Waals surface area contributed by atoms with E-state index < -0.39 is 0 Å². The second-order valence-electron chi connectivity index (χ2n) is 4.19. The number of carbonyl (C=O) groups is 1. The SMILES string of the molecule is CC(=O)N(CCCc1ccco1)c1ccccc1. The van der Waals surface area contributed by atoms with Crippen molar-refractivity contribution < 1.29 is 9.21 Å². The molecule has 0 unspecified atom stereocenters. The number of nitrogens with zero attached hydrogens (tertiary/aromatic N) is 1. The highest BCUT2D eigenvalue weighted by atomic mass is 16.3. The maximum absolute atomic E-state index is 11.6. The Bertz CT molecular complexity index is 476. The summed E-state index contributed by atoms with van der Waals surface area (Å²) in [7, 11) is 0. The van der Waals surface area contributed by atoms with E-state index in [0.29, 0.717) is 6.54 Å². The fourth-order valence-corrected chi connectivity index (χ4v) is 1.94. The molecule has 1 amide bonds. The molecule has 0 aliphatic carbocycles. The van der Waals surface area contributed by atoms with Crippen molar-refractivity contribution in [2.45, 2.75) is 19.8 Å². The molecule has 0 fully saturated rings. The smallest absolute Gasteiger partial charge is 0.223 e. The molecule has 1 aromatic heterocycles. The van der Waals surface area contributed by atoms with E-state index in [-0.39, 0.29) is 5.91 Å². The lowest BCUT2D eigenvalue weighted by molar-refractivity contribution is -0.116. The first-order chi connectivity index (χ1) is 8.77. The fourth-order valence-electron chi connectivity index (χ4n) is 1.94. The van der Waals surface area contributed by atoms with Crippen molar-refractivity contribution in [3.63, 3.8) is 0 Å². The Morgan fingerprint density at radius 3 is 2.56 bits per heavy atom. The number of carbonyl (C=O) groups excluding carboxylic acids is 1. The van der Waals surface area contributed by atoms with Crippen LogP contribution < -0.4 is 4.90 Å². The van der Waals surface area contributed by atoms with Crippen molar-refractivity contribution in [1.29, 1.82) is 0 Å². The first-order valence-corrected chi connectivity index (χ1v) is 6.13. The van der Waals surface area contributed by atoms with Crippen molar-refractivity contribution in [3.05, 3.63) is 54.5 Å². The minimum Gasteiger partial charge on any atom is -0.469 e. The van der Waals surface area contributed by atoms with Crippen LogP contribution in [0.1, 0.15) is 19.1 Å². The van der Waals surface area contributed by atoms with E-state index >= 15 is 0 Å². The summed E-state index contributed by atoms with van der Waals surface area (Å²) in [6, 6.07) is 13.6. The number of amides is 1. The summed E-state index contributed by atoms with van der Waals surface area (Å²) >= 11 is 0. The second kappa shape index (κ2) is 6.05. The molecule has 18 heavy (non-hydrogen) atoms. The van der Waals surface area contributed by atoms with Gasteiger partial charge in [-0.15, -0.1) is 0 Å². The molecule has 3 heteroatoms. The van der Waals surface area contributed by atoms with Gasteiger partial charge in [-0.1, -0.05) is 18.2 Å². The van der Waals surface area contributed by atoms with Gasteiger partial charge < -0.3 is 9.32 Å².